The molecule has 0 unspecified atom stereocenters. The highest BCUT2D eigenvalue weighted by molar-refractivity contribution is 5.79. The number of benzene rings is 1. The Morgan fingerprint density at radius 3 is 2.69 bits per heavy atom. The third-order valence-electron chi connectivity index (χ3n) is 5.38. The summed E-state index contributed by atoms with van der Waals surface area (Å²) in [5.41, 5.74) is 7.71. The van der Waals surface area contributed by atoms with Crippen LogP contribution in [0.3, 0.4) is 0 Å². The number of rotatable bonds is 10. The second-order valence-corrected chi connectivity index (χ2v) is 7.62. The number of ether oxygens (including phenoxy) is 1. The molecular formula is C22H37N5O2. The van der Waals surface area contributed by atoms with Crippen LogP contribution in [0.5, 0.6) is 5.75 Å². The van der Waals surface area contributed by atoms with Crippen molar-refractivity contribution < 1.29 is 9.53 Å². The van der Waals surface area contributed by atoms with Crippen LogP contribution in [0.4, 0.5) is 0 Å². The summed E-state index contributed by atoms with van der Waals surface area (Å²) >= 11 is 0. The van der Waals surface area contributed by atoms with Crippen LogP contribution in [0.1, 0.15) is 43.7 Å². The maximum Gasteiger partial charge on any atom is 0.220 e. The Balaban J connectivity index is 1.64. The Morgan fingerprint density at radius 1 is 1.28 bits per heavy atom. The second kappa shape index (κ2) is 12.3. The largest absolute Gasteiger partial charge is 0.494 e. The average Bonchev–Trinajstić information content (AvgIpc) is 2.71. The molecule has 0 bridgehead atoms. The Kier molecular flexibility index (Phi) is 9.77. The van der Waals surface area contributed by atoms with E-state index in [1.807, 2.05) is 6.92 Å². The van der Waals surface area contributed by atoms with Crippen molar-refractivity contribution in [2.75, 3.05) is 39.8 Å². The molecule has 0 aromatic heterocycles. The molecule has 2 rings (SSSR count). The minimum absolute atomic E-state index is 0.0686. The number of hydrogen-bond donors (Lipinski definition) is 3. The number of piperidine rings is 1. The van der Waals surface area contributed by atoms with Crippen LogP contribution in [-0.4, -0.2) is 56.6 Å². The number of guanidine groups is 1. The zero-order valence-electron chi connectivity index (χ0n) is 18.2. The zero-order chi connectivity index (χ0) is 21.1. The Labute approximate surface area is 175 Å². The summed E-state index contributed by atoms with van der Waals surface area (Å²) in [6, 6.07) is 6.27. The third kappa shape index (κ3) is 7.93. The highest BCUT2D eigenvalue weighted by atomic mass is 16.5. The fourth-order valence-electron chi connectivity index (χ4n) is 3.61. The summed E-state index contributed by atoms with van der Waals surface area (Å²) in [4.78, 5) is 18.0. The van der Waals surface area contributed by atoms with Crippen molar-refractivity contribution in [1.29, 1.82) is 0 Å². The summed E-state index contributed by atoms with van der Waals surface area (Å²) < 4.78 is 5.74. The van der Waals surface area contributed by atoms with E-state index < -0.39 is 0 Å². The van der Waals surface area contributed by atoms with E-state index in [9.17, 15) is 4.79 Å². The molecule has 0 saturated carbocycles. The lowest BCUT2D eigenvalue weighted by Gasteiger charge is -2.30. The highest BCUT2D eigenvalue weighted by Crippen LogP contribution is 2.20. The van der Waals surface area contributed by atoms with Crippen LogP contribution >= 0.6 is 0 Å². The van der Waals surface area contributed by atoms with Crippen molar-refractivity contribution in [3.8, 4) is 5.75 Å². The molecule has 0 aliphatic carbocycles. The quantitative estimate of drug-likeness (QED) is 0.316. The molecule has 1 aromatic rings. The first-order valence-electron chi connectivity index (χ1n) is 10.7. The van der Waals surface area contributed by atoms with Crippen molar-refractivity contribution in [2.24, 2.45) is 16.6 Å². The van der Waals surface area contributed by atoms with Crippen molar-refractivity contribution in [3.63, 3.8) is 0 Å². The van der Waals surface area contributed by atoms with Gasteiger partial charge in [0.05, 0.1) is 6.61 Å². The number of nitrogens with two attached hydrogens (primary N) is 1. The van der Waals surface area contributed by atoms with Gasteiger partial charge < -0.3 is 26.0 Å². The molecule has 1 fully saturated rings. The average molecular weight is 404 g/mol. The van der Waals surface area contributed by atoms with E-state index in [1.165, 1.54) is 5.56 Å². The van der Waals surface area contributed by atoms with E-state index in [0.717, 1.165) is 69.1 Å². The lowest BCUT2D eigenvalue weighted by molar-refractivity contribution is -0.123. The van der Waals surface area contributed by atoms with E-state index in [0.29, 0.717) is 13.2 Å². The lowest BCUT2D eigenvalue weighted by atomic mass is 9.96. The smallest absolute Gasteiger partial charge is 0.220 e. The van der Waals surface area contributed by atoms with Gasteiger partial charge >= 0.3 is 0 Å². The Morgan fingerprint density at radius 2 is 2.03 bits per heavy atom. The van der Waals surface area contributed by atoms with Gasteiger partial charge in [-0.05, 0) is 70.8 Å². The van der Waals surface area contributed by atoms with Crippen LogP contribution in [0.25, 0.3) is 0 Å². The number of hydrogen-bond acceptors (Lipinski definition) is 4. The summed E-state index contributed by atoms with van der Waals surface area (Å²) in [7, 11) is 1.79. The first-order valence-corrected chi connectivity index (χ1v) is 10.7. The lowest BCUT2D eigenvalue weighted by Crippen LogP contribution is -2.39. The summed E-state index contributed by atoms with van der Waals surface area (Å²) in [5.74, 6) is 1.65. The van der Waals surface area contributed by atoms with E-state index in [2.05, 4.69) is 45.6 Å². The van der Waals surface area contributed by atoms with Crippen molar-refractivity contribution in [1.82, 2.24) is 15.5 Å². The number of aryl methyl sites for hydroxylation is 1. The van der Waals surface area contributed by atoms with Crippen LogP contribution in [0.15, 0.2) is 23.2 Å². The van der Waals surface area contributed by atoms with Gasteiger partial charge in [0.25, 0.3) is 0 Å². The minimum Gasteiger partial charge on any atom is -0.494 e. The molecule has 0 atom stereocenters. The van der Waals surface area contributed by atoms with E-state index in [1.54, 1.807) is 7.05 Å². The van der Waals surface area contributed by atoms with Crippen LogP contribution in [-0.2, 0) is 11.3 Å². The topological polar surface area (TPSA) is 92.0 Å². The number of amides is 1. The molecule has 4 N–H and O–H groups in total. The van der Waals surface area contributed by atoms with Gasteiger partial charge in [0, 0.05) is 31.6 Å². The first-order chi connectivity index (χ1) is 14.0. The first kappa shape index (κ1) is 23.0. The molecule has 1 aliphatic rings. The zero-order valence-corrected chi connectivity index (χ0v) is 18.2. The van der Waals surface area contributed by atoms with E-state index >= 15 is 0 Å². The second-order valence-electron chi connectivity index (χ2n) is 7.62. The van der Waals surface area contributed by atoms with Gasteiger partial charge in [-0.15, -0.1) is 0 Å². The van der Waals surface area contributed by atoms with Crippen molar-refractivity contribution >= 4 is 11.9 Å². The third-order valence-corrected chi connectivity index (χ3v) is 5.38. The molecular weight excluding hydrogens is 366 g/mol. The van der Waals surface area contributed by atoms with Crippen molar-refractivity contribution in [2.45, 2.75) is 46.1 Å². The van der Waals surface area contributed by atoms with Gasteiger partial charge in [0.2, 0.25) is 5.91 Å². The molecule has 29 heavy (non-hydrogen) atoms. The number of nitrogens with one attached hydrogen (secondary N) is 2. The number of unbranched alkanes of at least 4 members (excludes halogenated alkanes) is 1. The molecule has 1 heterocycles. The van der Waals surface area contributed by atoms with Crippen LogP contribution in [0, 0.1) is 12.8 Å². The molecule has 7 nitrogen and oxygen atoms in total. The van der Waals surface area contributed by atoms with E-state index in [4.69, 9.17) is 10.5 Å². The molecule has 162 valence electrons. The number of aliphatic imine (C=N–C) groups is 1. The normalized spacial score (nSPS) is 15.9. The molecule has 1 saturated heterocycles. The van der Waals surface area contributed by atoms with E-state index in [-0.39, 0.29) is 11.8 Å². The predicted octanol–water partition coefficient (Wildman–Crippen LogP) is 2.04. The Hall–Kier alpha value is -2.28. The summed E-state index contributed by atoms with van der Waals surface area (Å²) in [6.45, 7) is 9.30. The summed E-state index contributed by atoms with van der Waals surface area (Å²) in [6.07, 6.45) is 3.99. The number of nitrogens with zero attached hydrogens (tertiary/aromatic N) is 2. The van der Waals surface area contributed by atoms with Gasteiger partial charge in [-0.2, -0.15) is 0 Å². The number of carbonyl (C=O) groups excluding carboxylic acids is 1. The monoisotopic (exact) mass is 403 g/mol. The molecule has 0 spiro atoms. The maximum atomic E-state index is 11.2. The van der Waals surface area contributed by atoms with Gasteiger partial charge in [-0.3, -0.25) is 9.79 Å². The molecule has 0 radical (unpaired) electrons. The van der Waals surface area contributed by atoms with Gasteiger partial charge in [-0.1, -0.05) is 12.1 Å². The number of likely N-dealkylation sites (tertiary alicyclic amines) is 1. The van der Waals surface area contributed by atoms with Gasteiger partial charge in [-0.25, -0.2) is 0 Å². The van der Waals surface area contributed by atoms with Crippen LogP contribution < -0.4 is 21.1 Å². The molecule has 1 amide bonds. The van der Waals surface area contributed by atoms with Gasteiger partial charge in [0.15, 0.2) is 5.96 Å². The SMILES string of the molecule is CCOc1cc(C)ccc1CNC(=NC)NCCCCN1CCC(C(N)=O)CC1. The molecule has 1 aliphatic heterocycles. The Bertz CT molecular complexity index is 669. The maximum absolute atomic E-state index is 11.2. The minimum atomic E-state index is -0.147. The number of carbonyl (C=O) groups is 1. The molecule has 7 heteroatoms. The standard InChI is InChI=1S/C22H37N5O2/c1-4-29-20-15-17(2)7-8-19(20)16-26-22(24-3)25-11-5-6-12-27-13-9-18(10-14-27)21(23)28/h7-8,15,18H,4-6,9-14,16H2,1-3H3,(H2,23,28)(H2,24,25,26). The highest BCUT2D eigenvalue weighted by Gasteiger charge is 2.22. The van der Waals surface area contributed by atoms with Gasteiger partial charge in [0.1, 0.15) is 5.75 Å². The van der Waals surface area contributed by atoms with Crippen molar-refractivity contribution in [3.05, 3.63) is 29.3 Å². The fraction of sp³-hybridized carbons (Fsp3) is 0.636. The molecule has 1 aromatic carbocycles. The number of primary amides is 1. The predicted molar refractivity (Wildman–Crippen MR) is 118 cm³/mol. The summed E-state index contributed by atoms with van der Waals surface area (Å²) in [5, 5.41) is 6.75. The fourth-order valence-corrected chi connectivity index (χ4v) is 3.61. The van der Waals surface area contributed by atoms with Crippen LogP contribution in [0.2, 0.25) is 0 Å².